The van der Waals surface area contributed by atoms with Crippen LogP contribution in [-0.4, -0.2) is 62.1 Å². The smallest absolute Gasteiger partial charge is 0.418 e. The normalized spacial score (nSPS) is 13.4. The topological polar surface area (TPSA) is 146 Å². The SMILES string of the molecule is CC(O)(CNC(=O)Cn1nc(Cc2nc3cc(OCC(F)F)c(C#N)cc3[nH]2)c2ccccc2c1=O)C(F)(F)F. The summed E-state index contributed by atoms with van der Waals surface area (Å²) in [5.41, 5.74) is -2.82. The highest BCUT2D eigenvalue weighted by molar-refractivity contribution is 5.85. The number of ether oxygens (including phenoxy) is 1. The van der Waals surface area contributed by atoms with Crippen molar-refractivity contribution in [2.24, 2.45) is 0 Å². The van der Waals surface area contributed by atoms with Crippen molar-refractivity contribution in [3.8, 4) is 11.8 Å². The van der Waals surface area contributed by atoms with Gasteiger partial charge < -0.3 is 20.1 Å². The first-order valence-corrected chi connectivity index (χ1v) is 11.7. The summed E-state index contributed by atoms with van der Waals surface area (Å²) in [6.45, 7) is -2.25. The average molecular weight is 564 g/mol. The highest BCUT2D eigenvalue weighted by Gasteiger charge is 2.49. The molecular formula is C25H21F5N6O4. The van der Waals surface area contributed by atoms with Crippen LogP contribution in [0.15, 0.2) is 41.2 Å². The Kier molecular flexibility index (Phi) is 7.74. The van der Waals surface area contributed by atoms with Crippen LogP contribution in [0, 0.1) is 11.3 Å². The molecular weight excluding hydrogens is 543 g/mol. The zero-order chi connectivity index (χ0) is 29.2. The van der Waals surface area contributed by atoms with Gasteiger partial charge in [-0.2, -0.15) is 23.5 Å². The predicted molar refractivity (Wildman–Crippen MR) is 131 cm³/mol. The molecule has 0 bridgehead atoms. The number of benzene rings is 2. The molecule has 1 unspecified atom stereocenters. The lowest BCUT2D eigenvalue weighted by molar-refractivity contribution is -0.250. The molecule has 0 fully saturated rings. The molecule has 0 spiro atoms. The van der Waals surface area contributed by atoms with Gasteiger partial charge in [-0.3, -0.25) is 9.59 Å². The third kappa shape index (κ3) is 6.01. The van der Waals surface area contributed by atoms with E-state index in [1.54, 1.807) is 18.2 Å². The van der Waals surface area contributed by atoms with Crippen LogP contribution in [0.3, 0.4) is 0 Å². The van der Waals surface area contributed by atoms with Gasteiger partial charge in [-0.15, -0.1) is 0 Å². The number of hydrogen-bond donors (Lipinski definition) is 3. The number of nitrogens with zero attached hydrogens (tertiary/aromatic N) is 4. The summed E-state index contributed by atoms with van der Waals surface area (Å²) >= 11 is 0. The first kappa shape index (κ1) is 28.4. The summed E-state index contributed by atoms with van der Waals surface area (Å²) in [6.07, 6.45) is -7.73. The fourth-order valence-electron chi connectivity index (χ4n) is 3.80. The van der Waals surface area contributed by atoms with E-state index in [1.807, 2.05) is 11.4 Å². The number of nitriles is 1. The molecule has 2 aromatic heterocycles. The molecule has 210 valence electrons. The van der Waals surface area contributed by atoms with Crippen molar-refractivity contribution < 1.29 is 36.6 Å². The lowest BCUT2D eigenvalue weighted by Gasteiger charge is -2.26. The number of aliphatic hydroxyl groups is 1. The predicted octanol–water partition coefficient (Wildman–Crippen LogP) is 2.81. The van der Waals surface area contributed by atoms with E-state index in [4.69, 9.17) is 4.74 Å². The first-order chi connectivity index (χ1) is 18.8. The van der Waals surface area contributed by atoms with E-state index in [0.717, 1.165) is 4.68 Å². The van der Waals surface area contributed by atoms with Gasteiger partial charge in [0.2, 0.25) is 5.91 Å². The molecule has 0 aliphatic carbocycles. The monoisotopic (exact) mass is 564 g/mol. The zero-order valence-corrected chi connectivity index (χ0v) is 20.7. The number of imidazole rings is 1. The van der Waals surface area contributed by atoms with Crippen molar-refractivity contribution in [1.29, 1.82) is 5.26 Å². The number of fused-ring (bicyclic) bond motifs is 2. The van der Waals surface area contributed by atoms with E-state index >= 15 is 0 Å². The van der Waals surface area contributed by atoms with E-state index in [1.165, 1.54) is 18.2 Å². The Morgan fingerprint density at radius 2 is 1.95 bits per heavy atom. The standard InChI is InChI=1S/C25H21F5N6O4/c1-24(39,25(28,29)30)12-32-22(37)10-36-23(38)15-5-3-2-4-14(15)16(35-36)8-21-33-17-6-13(9-31)19(7-18(17)34-21)40-11-20(26)27/h2-7,20,39H,8,10-12H2,1H3,(H,32,37)(H,33,34). The molecule has 0 saturated heterocycles. The molecule has 3 N–H and O–H groups in total. The Balaban J connectivity index is 1.64. The van der Waals surface area contributed by atoms with Crippen molar-refractivity contribution in [3.05, 3.63) is 63.8 Å². The Labute approximate surface area is 222 Å². The fourth-order valence-corrected chi connectivity index (χ4v) is 3.80. The van der Waals surface area contributed by atoms with Gasteiger partial charge in [-0.25, -0.2) is 18.4 Å². The Hall–Kier alpha value is -4.58. The Morgan fingerprint density at radius 1 is 1.25 bits per heavy atom. The van der Waals surface area contributed by atoms with Crippen molar-refractivity contribution in [3.63, 3.8) is 0 Å². The van der Waals surface area contributed by atoms with Crippen LogP contribution in [0.25, 0.3) is 21.8 Å². The molecule has 10 nitrogen and oxygen atoms in total. The number of carbonyl (C=O) groups excluding carboxylic acids is 1. The Morgan fingerprint density at radius 3 is 2.60 bits per heavy atom. The summed E-state index contributed by atoms with van der Waals surface area (Å²) in [7, 11) is 0. The minimum atomic E-state index is -4.98. The van der Waals surface area contributed by atoms with Crippen LogP contribution < -0.4 is 15.6 Å². The minimum Gasteiger partial charge on any atom is -0.486 e. The van der Waals surface area contributed by atoms with Crippen molar-refractivity contribution in [2.45, 2.75) is 38.1 Å². The van der Waals surface area contributed by atoms with Crippen LogP contribution in [0.4, 0.5) is 22.0 Å². The van der Waals surface area contributed by atoms with Crippen LogP contribution in [-0.2, 0) is 17.8 Å². The van der Waals surface area contributed by atoms with Gasteiger partial charge in [0.1, 0.15) is 30.8 Å². The molecule has 2 heterocycles. The molecule has 1 amide bonds. The number of aromatic amines is 1. The number of amides is 1. The van der Waals surface area contributed by atoms with Gasteiger partial charge in [-0.1, -0.05) is 18.2 Å². The number of hydrogen-bond acceptors (Lipinski definition) is 7. The highest BCUT2D eigenvalue weighted by atomic mass is 19.4. The number of alkyl halides is 5. The van der Waals surface area contributed by atoms with Crippen LogP contribution in [0.2, 0.25) is 0 Å². The highest BCUT2D eigenvalue weighted by Crippen LogP contribution is 2.29. The maximum absolute atomic E-state index is 13.0. The third-order valence-corrected chi connectivity index (χ3v) is 5.93. The van der Waals surface area contributed by atoms with Crippen LogP contribution in [0.5, 0.6) is 5.75 Å². The van der Waals surface area contributed by atoms with Gasteiger partial charge in [-0.05, 0) is 19.1 Å². The maximum Gasteiger partial charge on any atom is 0.418 e. The summed E-state index contributed by atoms with van der Waals surface area (Å²) < 4.78 is 69.6. The molecule has 4 aromatic rings. The summed E-state index contributed by atoms with van der Waals surface area (Å²) in [6, 6.07) is 11.0. The van der Waals surface area contributed by atoms with Crippen molar-refractivity contribution >= 4 is 27.7 Å². The molecule has 0 saturated carbocycles. The molecule has 2 aromatic carbocycles. The van der Waals surface area contributed by atoms with Gasteiger partial charge in [0.05, 0.1) is 40.6 Å². The molecule has 0 aliphatic rings. The van der Waals surface area contributed by atoms with Gasteiger partial charge in [0.15, 0.2) is 5.60 Å². The van der Waals surface area contributed by atoms with E-state index < -0.39 is 49.4 Å². The summed E-state index contributed by atoms with van der Waals surface area (Å²) in [5.74, 6) is -0.733. The molecule has 0 aliphatic heterocycles. The third-order valence-electron chi connectivity index (χ3n) is 5.93. The first-order valence-electron chi connectivity index (χ1n) is 11.7. The second kappa shape index (κ2) is 10.9. The van der Waals surface area contributed by atoms with E-state index in [-0.39, 0.29) is 23.1 Å². The van der Waals surface area contributed by atoms with Crippen molar-refractivity contribution in [2.75, 3.05) is 13.2 Å². The van der Waals surface area contributed by atoms with Crippen molar-refractivity contribution in [1.82, 2.24) is 25.1 Å². The van der Waals surface area contributed by atoms with Crippen LogP contribution in [0.1, 0.15) is 24.0 Å². The fraction of sp³-hybridized carbons (Fsp3) is 0.320. The largest absolute Gasteiger partial charge is 0.486 e. The van der Waals surface area contributed by atoms with E-state index in [0.29, 0.717) is 34.9 Å². The van der Waals surface area contributed by atoms with Gasteiger partial charge in [0.25, 0.3) is 12.0 Å². The maximum atomic E-state index is 13.0. The number of rotatable bonds is 9. The second-order valence-electron chi connectivity index (χ2n) is 9.04. The van der Waals surface area contributed by atoms with E-state index in [9.17, 15) is 41.9 Å². The number of halogens is 5. The molecule has 4 rings (SSSR count). The molecule has 15 heteroatoms. The van der Waals surface area contributed by atoms with Crippen LogP contribution >= 0.6 is 0 Å². The Bertz CT molecular complexity index is 1670. The van der Waals surface area contributed by atoms with E-state index in [2.05, 4.69) is 15.1 Å². The lowest BCUT2D eigenvalue weighted by Crippen LogP contribution is -2.51. The quantitative estimate of drug-likeness (QED) is 0.265. The molecule has 1 atom stereocenters. The zero-order valence-electron chi connectivity index (χ0n) is 20.7. The molecule has 40 heavy (non-hydrogen) atoms. The summed E-state index contributed by atoms with van der Waals surface area (Å²) in [5, 5.41) is 25.7. The number of carbonyl (C=O) groups is 1. The second-order valence-corrected chi connectivity index (χ2v) is 9.04. The lowest BCUT2D eigenvalue weighted by atomic mass is 10.1. The van der Waals surface area contributed by atoms with Gasteiger partial charge in [0, 0.05) is 11.5 Å². The number of nitrogens with one attached hydrogen (secondary N) is 2. The average Bonchev–Trinajstić information content (AvgIpc) is 3.28. The number of aromatic nitrogens is 4. The minimum absolute atomic E-state index is 0.00497. The van der Waals surface area contributed by atoms with Gasteiger partial charge >= 0.3 is 6.18 Å². The molecule has 0 radical (unpaired) electrons. The summed E-state index contributed by atoms with van der Waals surface area (Å²) in [4.78, 5) is 32.7. The number of H-pyrrole nitrogens is 1.